The van der Waals surface area contributed by atoms with Gasteiger partial charge in [-0.05, 0) is 12.1 Å². The molecule has 3 aromatic rings. The minimum absolute atomic E-state index is 0.530. The summed E-state index contributed by atoms with van der Waals surface area (Å²) in [5, 5.41) is 8.22. The van der Waals surface area contributed by atoms with Gasteiger partial charge in [0, 0.05) is 11.6 Å². The molecule has 18 heavy (non-hydrogen) atoms. The van der Waals surface area contributed by atoms with Crippen molar-refractivity contribution in [2.45, 2.75) is 6.61 Å². The van der Waals surface area contributed by atoms with Gasteiger partial charge in [0.25, 0.3) is 0 Å². The molecule has 0 radical (unpaired) electrons. The first-order valence-corrected chi connectivity index (χ1v) is 6.36. The third-order valence-corrected chi connectivity index (χ3v) is 3.77. The van der Waals surface area contributed by atoms with E-state index < -0.39 is 0 Å². The van der Waals surface area contributed by atoms with Crippen LogP contribution in [0.15, 0.2) is 36.1 Å². The van der Waals surface area contributed by atoms with Crippen LogP contribution in [-0.2, 0) is 6.61 Å². The highest BCUT2D eigenvalue weighted by Gasteiger charge is 2.20. The third kappa shape index (κ3) is 1.36. The van der Waals surface area contributed by atoms with Gasteiger partial charge in [-0.1, -0.05) is 0 Å². The maximum atomic E-state index is 5.72. The van der Waals surface area contributed by atoms with Crippen LogP contribution >= 0.6 is 11.3 Å². The monoisotopic (exact) mass is 256 g/mol. The van der Waals surface area contributed by atoms with Crippen LogP contribution in [0, 0.1) is 0 Å². The number of rotatable bonds is 1. The van der Waals surface area contributed by atoms with E-state index in [-0.39, 0.29) is 0 Å². The van der Waals surface area contributed by atoms with Crippen molar-refractivity contribution in [3.63, 3.8) is 0 Å². The van der Waals surface area contributed by atoms with Gasteiger partial charge in [0.2, 0.25) is 0 Å². The van der Waals surface area contributed by atoms with Crippen LogP contribution in [0.1, 0.15) is 5.69 Å². The molecule has 0 unspecified atom stereocenters. The molecular weight excluding hydrogens is 248 g/mol. The van der Waals surface area contributed by atoms with Crippen molar-refractivity contribution in [2.75, 3.05) is 0 Å². The van der Waals surface area contributed by atoms with Crippen molar-refractivity contribution in [2.24, 2.45) is 0 Å². The van der Waals surface area contributed by atoms with E-state index in [1.807, 2.05) is 23.7 Å². The highest BCUT2D eigenvalue weighted by Crippen LogP contribution is 2.40. The predicted octanol–water partition coefficient (Wildman–Crippen LogP) is 2.28. The van der Waals surface area contributed by atoms with Gasteiger partial charge in [-0.3, -0.25) is 0 Å². The molecule has 0 aliphatic carbocycles. The molecular formula is C12H8N4OS. The topological polar surface area (TPSA) is 52.8 Å². The zero-order valence-corrected chi connectivity index (χ0v) is 10.1. The lowest BCUT2D eigenvalue weighted by molar-refractivity contribution is 0.298. The highest BCUT2D eigenvalue weighted by atomic mass is 32.1. The maximum absolute atomic E-state index is 5.72. The van der Waals surface area contributed by atoms with Crippen molar-refractivity contribution in [3.8, 4) is 21.9 Å². The summed E-state index contributed by atoms with van der Waals surface area (Å²) < 4.78 is 5.72. The molecule has 88 valence electrons. The Labute approximate surface area is 107 Å². The average Bonchev–Trinajstić information content (AvgIpc) is 3.09. The first kappa shape index (κ1) is 9.78. The maximum Gasteiger partial charge on any atom is 0.132 e. The smallest absolute Gasteiger partial charge is 0.132 e. The molecule has 3 heterocycles. The van der Waals surface area contributed by atoms with E-state index in [4.69, 9.17) is 4.74 Å². The van der Waals surface area contributed by atoms with E-state index in [2.05, 4.69) is 15.2 Å². The summed E-state index contributed by atoms with van der Waals surface area (Å²) in [6.07, 6.45) is 3.31. The summed E-state index contributed by atoms with van der Waals surface area (Å²) in [5.74, 6) is 0.863. The lowest BCUT2D eigenvalue weighted by Crippen LogP contribution is -2.06. The first-order valence-electron chi connectivity index (χ1n) is 5.48. The summed E-state index contributed by atoms with van der Waals surface area (Å²) in [7, 11) is 0. The van der Waals surface area contributed by atoms with Gasteiger partial charge in [-0.2, -0.15) is 15.0 Å². The molecule has 0 atom stereocenters. The second-order valence-corrected chi connectivity index (χ2v) is 4.77. The summed E-state index contributed by atoms with van der Waals surface area (Å²) in [6.45, 7) is 0.530. The Balaban J connectivity index is 1.87. The molecule has 1 aliphatic heterocycles. The van der Waals surface area contributed by atoms with Gasteiger partial charge in [0.1, 0.15) is 12.4 Å². The summed E-state index contributed by atoms with van der Waals surface area (Å²) in [4.78, 5) is 7.06. The Morgan fingerprint density at radius 1 is 1.22 bits per heavy atom. The minimum Gasteiger partial charge on any atom is -0.486 e. The number of hydrogen-bond acceptors (Lipinski definition) is 5. The van der Waals surface area contributed by atoms with Crippen LogP contribution in [0.25, 0.3) is 16.1 Å². The van der Waals surface area contributed by atoms with Crippen LogP contribution in [0.3, 0.4) is 0 Å². The molecule has 0 N–H and O–H groups in total. The predicted molar refractivity (Wildman–Crippen MR) is 66.8 cm³/mol. The molecule has 0 fully saturated rings. The number of thiazole rings is 1. The molecule has 6 heteroatoms. The second kappa shape index (κ2) is 3.64. The minimum atomic E-state index is 0.530. The SMILES string of the molecule is c1cnn(-c2ccc3c(c2)OCc2ncsc2-3)n1. The lowest BCUT2D eigenvalue weighted by Gasteiger charge is -2.17. The number of nitrogens with zero attached hydrogens (tertiary/aromatic N) is 4. The van der Waals surface area contributed by atoms with Gasteiger partial charge in [-0.15, -0.1) is 11.3 Å². The van der Waals surface area contributed by atoms with Crippen molar-refractivity contribution in [1.82, 2.24) is 20.0 Å². The fourth-order valence-corrected chi connectivity index (χ4v) is 2.86. The molecule has 0 saturated carbocycles. The van der Waals surface area contributed by atoms with Crippen LogP contribution < -0.4 is 4.74 Å². The Morgan fingerprint density at radius 2 is 2.11 bits per heavy atom. The Bertz CT molecular complexity index is 705. The Morgan fingerprint density at radius 3 is 3.00 bits per heavy atom. The summed E-state index contributed by atoms with van der Waals surface area (Å²) >= 11 is 1.64. The summed E-state index contributed by atoms with van der Waals surface area (Å²) in [5.41, 5.74) is 4.85. The molecule has 0 bridgehead atoms. The highest BCUT2D eigenvalue weighted by molar-refractivity contribution is 7.13. The molecule has 5 nitrogen and oxygen atoms in total. The number of ether oxygens (including phenoxy) is 1. The molecule has 0 saturated heterocycles. The van der Waals surface area contributed by atoms with Gasteiger partial charge in [0.15, 0.2) is 0 Å². The van der Waals surface area contributed by atoms with E-state index in [9.17, 15) is 0 Å². The fraction of sp³-hybridized carbons (Fsp3) is 0.0833. The zero-order chi connectivity index (χ0) is 11.9. The molecule has 1 aliphatic rings. The molecule has 4 rings (SSSR count). The molecule has 0 spiro atoms. The third-order valence-electron chi connectivity index (χ3n) is 2.87. The zero-order valence-electron chi connectivity index (χ0n) is 9.28. The lowest BCUT2D eigenvalue weighted by atomic mass is 10.1. The van der Waals surface area contributed by atoms with E-state index in [0.29, 0.717) is 6.61 Å². The van der Waals surface area contributed by atoms with Crippen molar-refractivity contribution in [3.05, 3.63) is 41.8 Å². The fourth-order valence-electron chi connectivity index (χ4n) is 2.03. The average molecular weight is 256 g/mol. The van der Waals surface area contributed by atoms with Gasteiger partial charge in [-0.25, -0.2) is 4.98 Å². The second-order valence-electron chi connectivity index (χ2n) is 3.92. The number of aromatic nitrogens is 4. The molecule has 0 amide bonds. The standard InChI is InChI=1S/C12H8N4OS/c1-2-9-11(5-8(1)16-14-3-4-15-16)17-6-10-12(9)18-7-13-10/h1-5,7H,6H2. The van der Waals surface area contributed by atoms with Crippen molar-refractivity contribution in [1.29, 1.82) is 0 Å². The number of fused-ring (bicyclic) bond motifs is 3. The quantitative estimate of drug-likeness (QED) is 0.670. The molecule has 1 aromatic carbocycles. The van der Waals surface area contributed by atoms with Crippen LogP contribution in [0.5, 0.6) is 5.75 Å². The van der Waals surface area contributed by atoms with Crippen LogP contribution in [-0.4, -0.2) is 20.0 Å². The van der Waals surface area contributed by atoms with E-state index in [0.717, 1.165) is 22.7 Å². The largest absolute Gasteiger partial charge is 0.486 e. The van der Waals surface area contributed by atoms with Crippen LogP contribution in [0.2, 0.25) is 0 Å². The van der Waals surface area contributed by atoms with E-state index >= 15 is 0 Å². The first-order chi connectivity index (χ1) is 8.92. The van der Waals surface area contributed by atoms with Crippen LogP contribution in [0.4, 0.5) is 0 Å². The molecule has 2 aromatic heterocycles. The number of hydrogen-bond donors (Lipinski definition) is 0. The van der Waals surface area contributed by atoms with Gasteiger partial charge < -0.3 is 4.74 Å². The number of benzene rings is 1. The van der Waals surface area contributed by atoms with Crippen molar-refractivity contribution >= 4 is 11.3 Å². The van der Waals surface area contributed by atoms with Gasteiger partial charge in [0.05, 0.1) is 34.2 Å². The normalized spacial score (nSPS) is 12.7. The van der Waals surface area contributed by atoms with E-state index in [1.54, 1.807) is 28.5 Å². The van der Waals surface area contributed by atoms with E-state index in [1.165, 1.54) is 4.88 Å². The summed E-state index contributed by atoms with van der Waals surface area (Å²) in [6, 6.07) is 5.97. The Hall–Kier alpha value is -2.21. The Kier molecular flexibility index (Phi) is 1.98. The van der Waals surface area contributed by atoms with Gasteiger partial charge >= 0.3 is 0 Å². The van der Waals surface area contributed by atoms with Crippen molar-refractivity contribution < 1.29 is 4.74 Å².